The third-order valence-corrected chi connectivity index (χ3v) is 3.09. The number of carboxylic acids is 1. The Morgan fingerprint density at radius 3 is 2.60 bits per heavy atom. The van der Waals surface area contributed by atoms with Crippen LogP contribution >= 0.6 is 0 Å². The van der Waals surface area contributed by atoms with Crippen LogP contribution in [0.15, 0.2) is 30.5 Å². The highest BCUT2D eigenvalue weighted by atomic mass is 16.4. The van der Waals surface area contributed by atoms with Gasteiger partial charge in [0.15, 0.2) is 0 Å². The number of phenols is 1. The van der Waals surface area contributed by atoms with Gasteiger partial charge in [0.05, 0.1) is 0 Å². The maximum Gasteiger partial charge on any atom is 0.323 e. The first kappa shape index (κ1) is 14.1. The first-order chi connectivity index (χ1) is 9.29. The maximum atomic E-state index is 11.1. The Labute approximate surface area is 117 Å². The number of benzene rings is 1. The number of nitrogens with zero attached hydrogens (tertiary/aromatic N) is 2. The number of aromatic hydroxyl groups is 1. The van der Waals surface area contributed by atoms with Crippen LogP contribution in [0.3, 0.4) is 0 Å². The molecular formula is C15H18N2O3. The summed E-state index contributed by atoms with van der Waals surface area (Å²) in [5.41, 5.74) is -0.398. The highest BCUT2D eigenvalue weighted by Gasteiger charge is 2.26. The summed E-state index contributed by atoms with van der Waals surface area (Å²) in [4.78, 5) is 17.2. The number of phenolic OH excluding ortho intramolecular Hbond substituents is 1. The summed E-state index contributed by atoms with van der Waals surface area (Å²) < 4.78 is 0. The van der Waals surface area contributed by atoms with Gasteiger partial charge in [-0.2, -0.15) is 0 Å². The predicted octanol–water partition coefficient (Wildman–Crippen LogP) is 2.63. The maximum absolute atomic E-state index is 11.1. The second-order valence-electron chi connectivity index (χ2n) is 5.69. The zero-order chi connectivity index (χ0) is 14.9. The molecule has 1 heterocycles. The van der Waals surface area contributed by atoms with Crippen molar-refractivity contribution >= 4 is 22.6 Å². The molecule has 0 aliphatic rings. The first-order valence-corrected chi connectivity index (χ1v) is 6.36. The number of aromatic nitrogens is 1. The molecule has 0 spiro atoms. The number of aliphatic carboxylic acids is 1. The van der Waals surface area contributed by atoms with Crippen LogP contribution in [0.2, 0.25) is 0 Å². The van der Waals surface area contributed by atoms with Gasteiger partial charge in [-0.05, 0) is 44.4 Å². The number of carbonyl (C=O) groups is 1. The second kappa shape index (κ2) is 5.00. The molecule has 1 aromatic carbocycles. The predicted molar refractivity (Wildman–Crippen MR) is 78.1 cm³/mol. The Morgan fingerprint density at radius 2 is 2.00 bits per heavy atom. The van der Waals surface area contributed by atoms with Crippen molar-refractivity contribution in [2.24, 2.45) is 0 Å². The number of hydrogen-bond acceptors (Lipinski definition) is 4. The van der Waals surface area contributed by atoms with Gasteiger partial charge in [0.1, 0.15) is 18.1 Å². The summed E-state index contributed by atoms with van der Waals surface area (Å²) in [5, 5.41) is 20.4. The smallest absolute Gasteiger partial charge is 0.323 e. The van der Waals surface area contributed by atoms with Crippen molar-refractivity contribution in [2.45, 2.75) is 26.3 Å². The van der Waals surface area contributed by atoms with Crippen LogP contribution in [0.1, 0.15) is 20.8 Å². The van der Waals surface area contributed by atoms with Gasteiger partial charge in [0, 0.05) is 17.1 Å². The molecule has 2 N–H and O–H groups in total. The number of hydrogen-bond donors (Lipinski definition) is 2. The quantitative estimate of drug-likeness (QED) is 0.900. The van der Waals surface area contributed by atoms with E-state index in [1.807, 2.05) is 26.8 Å². The molecule has 0 bridgehead atoms. The summed E-state index contributed by atoms with van der Waals surface area (Å²) in [6, 6.07) is 6.83. The monoisotopic (exact) mass is 274 g/mol. The molecule has 20 heavy (non-hydrogen) atoms. The second-order valence-corrected chi connectivity index (χ2v) is 5.69. The Bertz CT molecular complexity index is 647. The van der Waals surface area contributed by atoms with Crippen LogP contribution in [0.25, 0.3) is 10.8 Å². The molecule has 2 rings (SSSR count). The fraction of sp³-hybridized carbons (Fsp3) is 0.333. The molecule has 0 saturated heterocycles. The molecule has 0 radical (unpaired) electrons. The van der Waals surface area contributed by atoms with Crippen LogP contribution in [0.5, 0.6) is 5.75 Å². The average Bonchev–Trinajstić information content (AvgIpc) is 2.34. The van der Waals surface area contributed by atoms with Gasteiger partial charge >= 0.3 is 5.97 Å². The molecule has 0 saturated carbocycles. The lowest BCUT2D eigenvalue weighted by Crippen LogP contribution is -2.45. The van der Waals surface area contributed by atoms with Crippen molar-refractivity contribution < 1.29 is 15.0 Å². The topological polar surface area (TPSA) is 73.7 Å². The fourth-order valence-electron chi connectivity index (χ4n) is 2.12. The minimum absolute atomic E-state index is 0.135. The van der Waals surface area contributed by atoms with E-state index in [4.69, 9.17) is 5.11 Å². The van der Waals surface area contributed by atoms with Crippen molar-refractivity contribution in [2.75, 3.05) is 11.4 Å². The summed E-state index contributed by atoms with van der Waals surface area (Å²) in [6.07, 6.45) is 1.65. The highest BCUT2D eigenvalue weighted by Crippen LogP contribution is 2.31. The van der Waals surface area contributed by atoms with E-state index in [2.05, 4.69) is 4.98 Å². The Kier molecular flexibility index (Phi) is 3.53. The molecular weight excluding hydrogens is 256 g/mol. The van der Waals surface area contributed by atoms with Crippen LogP contribution in [-0.4, -0.2) is 33.3 Å². The summed E-state index contributed by atoms with van der Waals surface area (Å²) in [5.74, 6) is -0.219. The normalized spacial score (nSPS) is 11.6. The molecule has 0 fully saturated rings. The van der Waals surface area contributed by atoms with E-state index in [0.717, 1.165) is 10.8 Å². The summed E-state index contributed by atoms with van der Waals surface area (Å²) >= 11 is 0. The molecule has 2 aromatic rings. The lowest BCUT2D eigenvalue weighted by Gasteiger charge is -2.36. The Hall–Kier alpha value is -2.30. The molecule has 0 aliphatic carbocycles. The largest absolute Gasteiger partial charge is 0.508 e. The molecule has 0 atom stereocenters. The zero-order valence-corrected chi connectivity index (χ0v) is 11.8. The van der Waals surface area contributed by atoms with Gasteiger partial charge in [-0.25, -0.2) is 4.98 Å². The highest BCUT2D eigenvalue weighted by molar-refractivity contribution is 5.94. The van der Waals surface area contributed by atoms with Crippen LogP contribution in [0, 0.1) is 0 Å². The zero-order valence-electron chi connectivity index (χ0n) is 11.8. The molecule has 5 heteroatoms. The van der Waals surface area contributed by atoms with Crippen molar-refractivity contribution in [1.29, 1.82) is 0 Å². The van der Waals surface area contributed by atoms with E-state index in [1.165, 1.54) is 0 Å². The molecule has 0 aliphatic heterocycles. The molecule has 1 aromatic heterocycles. The van der Waals surface area contributed by atoms with Gasteiger partial charge in [-0.3, -0.25) is 4.79 Å². The summed E-state index contributed by atoms with van der Waals surface area (Å²) in [6.45, 7) is 5.64. The van der Waals surface area contributed by atoms with Gasteiger partial charge in [-0.1, -0.05) is 6.07 Å². The third-order valence-electron chi connectivity index (χ3n) is 3.09. The number of pyridine rings is 1. The van der Waals surface area contributed by atoms with Gasteiger partial charge in [0.25, 0.3) is 0 Å². The average molecular weight is 274 g/mol. The number of fused-ring (bicyclic) bond motifs is 1. The lowest BCUT2D eigenvalue weighted by molar-refractivity contribution is -0.135. The summed E-state index contributed by atoms with van der Waals surface area (Å²) in [7, 11) is 0. The Balaban J connectivity index is 2.64. The fourth-order valence-corrected chi connectivity index (χ4v) is 2.12. The minimum Gasteiger partial charge on any atom is -0.508 e. The Morgan fingerprint density at radius 1 is 1.30 bits per heavy atom. The van der Waals surface area contributed by atoms with Crippen molar-refractivity contribution in [3.05, 3.63) is 30.5 Å². The van der Waals surface area contributed by atoms with E-state index < -0.39 is 11.5 Å². The number of anilines is 1. The molecule has 0 unspecified atom stereocenters. The van der Waals surface area contributed by atoms with Crippen molar-refractivity contribution in [1.82, 2.24) is 4.98 Å². The SMILES string of the molecule is CC(C)(C)N(CC(=O)O)c1nccc2ccc(O)cc12. The number of carboxylic acid groups (broad SMARTS) is 1. The van der Waals surface area contributed by atoms with Crippen LogP contribution in [-0.2, 0) is 4.79 Å². The van der Waals surface area contributed by atoms with Gasteiger partial charge in [0.2, 0.25) is 0 Å². The van der Waals surface area contributed by atoms with Crippen LogP contribution in [0.4, 0.5) is 5.82 Å². The van der Waals surface area contributed by atoms with E-state index in [9.17, 15) is 9.90 Å². The van der Waals surface area contributed by atoms with Gasteiger partial charge < -0.3 is 15.1 Å². The van der Waals surface area contributed by atoms with E-state index in [-0.39, 0.29) is 12.3 Å². The standard InChI is InChI=1S/C15H18N2O3/c1-15(2,3)17(9-13(19)20)14-12-8-11(18)5-4-10(12)6-7-16-14/h4-8,18H,9H2,1-3H3,(H,19,20). The van der Waals surface area contributed by atoms with Crippen molar-refractivity contribution in [3.63, 3.8) is 0 Å². The molecule has 0 amide bonds. The minimum atomic E-state index is -0.918. The first-order valence-electron chi connectivity index (χ1n) is 6.36. The van der Waals surface area contributed by atoms with Gasteiger partial charge in [-0.15, -0.1) is 0 Å². The van der Waals surface area contributed by atoms with Crippen molar-refractivity contribution in [3.8, 4) is 5.75 Å². The van der Waals surface area contributed by atoms with Crippen LogP contribution < -0.4 is 4.90 Å². The van der Waals surface area contributed by atoms with E-state index in [0.29, 0.717) is 5.82 Å². The van der Waals surface area contributed by atoms with E-state index >= 15 is 0 Å². The molecule has 5 nitrogen and oxygen atoms in total. The third kappa shape index (κ3) is 2.82. The number of rotatable bonds is 3. The molecule has 106 valence electrons. The lowest BCUT2D eigenvalue weighted by atomic mass is 10.0. The van der Waals surface area contributed by atoms with E-state index in [1.54, 1.807) is 29.3 Å².